The second kappa shape index (κ2) is 6.03. The van der Waals surface area contributed by atoms with E-state index in [0.29, 0.717) is 25.4 Å². The molecule has 0 aliphatic carbocycles. The zero-order chi connectivity index (χ0) is 13.8. The van der Waals surface area contributed by atoms with E-state index in [4.69, 9.17) is 4.74 Å². The number of nitrogens with zero attached hydrogens (tertiary/aromatic N) is 1. The van der Waals surface area contributed by atoms with Gasteiger partial charge in [-0.3, -0.25) is 4.79 Å². The number of ether oxygens (including phenoxy) is 1. The number of ketones is 1. The van der Waals surface area contributed by atoms with Crippen LogP contribution in [0, 0.1) is 5.92 Å². The summed E-state index contributed by atoms with van der Waals surface area (Å²) in [6.45, 7) is 10.4. The molecule has 1 rings (SSSR count). The predicted octanol–water partition coefficient (Wildman–Crippen LogP) is 2.78. The Labute approximate surface area is 109 Å². The monoisotopic (exact) mass is 253 g/mol. The summed E-state index contributed by atoms with van der Waals surface area (Å²) in [5, 5.41) is 0. The molecular formula is C14H23NO3. The zero-order valence-corrected chi connectivity index (χ0v) is 11.6. The Morgan fingerprint density at radius 1 is 1.33 bits per heavy atom. The Morgan fingerprint density at radius 2 is 1.89 bits per heavy atom. The minimum Gasteiger partial charge on any atom is -0.444 e. The van der Waals surface area contributed by atoms with Crippen LogP contribution in [-0.4, -0.2) is 35.5 Å². The van der Waals surface area contributed by atoms with Gasteiger partial charge in [-0.15, -0.1) is 0 Å². The first kappa shape index (κ1) is 14.7. The molecule has 1 amide bonds. The van der Waals surface area contributed by atoms with Gasteiger partial charge in [-0.1, -0.05) is 6.58 Å². The van der Waals surface area contributed by atoms with Crippen molar-refractivity contribution in [3.8, 4) is 0 Å². The number of likely N-dealkylation sites (tertiary alicyclic amines) is 1. The molecular weight excluding hydrogens is 230 g/mol. The third-order valence-electron chi connectivity index (χ3n) is 2.98. The van der Waals surface area contributed by atoms with E-state index in [1.165, 1.54) is 6.08 Å². The second-order valence-electron chi connectivity index (χ2n) is 5.79. The van der Waals surface area contributed by atoms with Crippen molar-refractivity contribution < 1.29 is 14.3 Å². The van der Waals surface area contributed by atoms with E-state index in [-0.39, 0.29) is 11.9 Å². The fourth-order valence-electron chi connectivity index (χ4n) is 2.01. The van der Waals surface area contributed by atoms with E-state index in [9.17, 15) is 9.59 Å². The summed E-state index contributed by atoms with van der Waals surface area (Å²) < 4.78 is 5.32. The molecule has 4 nitrogen and oxygen atoms in total. The Morgan fingerprint density at radius 3 is 2.33 bits per heavy atom. The van der Waals surface area contributed by atoms with E-state index in [0.717, 1.165) is 12.8 Å². The van der Waals surface area contributed by atoms with Gasteiger partial charge in [0.1, 0.15) is 5.60 Å². The van der Waals surface area contributed by atoms with Gasteiger partial charge in [0.05, 0.1) is 0 Å². The van der Waals surface area contributed by atoms with Crippen molar-refractivity contribution in [2.24, 2.45) is 5.92 Å². The van der Waals surface area contributed by atoms with E-state index < -0.39 is 5.60 Å². The van der Waals surface area contributed by atoms with Crippen LogP contribution in [0.3, 0.4) is 0 Å². The smallest absolute Gasteiger partial charge is 0.410 e. The molecule has 0 aromatic carbocycles. The minimum atomic E-state index is -0.452. The van der Waals surface area contributed by atoms with Gasteiger partial charge in [-0.25, -0.2) is 4.79 Å². The van der Waals surface area contributed by atoms with E-state index in [1.54, 1.807) is 4.90 Å². The molecule has 0 bridgehead atoms. The average Bonchev–Trinajstić information content (AvgIpc) is 2.27. The summed E-state index contributed by atoms with van der Waals surface area (Å²) in [7, 11) is 0. The van der Waals surface area contributed by atoms with Crippen molar-refractivity contribution >= 4 is 11.9 Å². The number of rotatable bonds is 3. The zero-order valence-electron chi connectivity index (χ0n) is 11.6. The molecule has 0 saturated carbocycles. The lowest BCUT2D eigenvalue weighted by Gasteiger charge is -2.33. The summed E-state index contributed by atoms with van der Waals surface area (Å²) in [5.41, 5.74) is -0.452. The molecule has 0 atom stereocenters. The van der Waals surface area contributed by atoms with Crippen molar-refractivity contribution in [2.75, 3.05) is 13.1 Å². The van der Waals surface area contributed by atoms with Gasteiger partial charge < -0.3 is 9.64 Å². The van der Waals surface area contributed by atoms with Crippen LogP contribution in [0.5, 0.6) is 0 Å². The second-order valence-corrected chi connectivity index (χ2v) is 5.79. The van der Waals surface area contributed by atoms with Crippen molar-refractivity contribution in [1.82, 2.24) is 4.90 Å². The molecule has 4 heteroatoms. The summed E-state index contributed by atoms with van der Waals surface area (Å²) in [6.07, 6.45) is 3.39. The van der Waals surface area contributed by atoms with E-state index >= 15 is 0 Å². The fourth-order valence-corrected chi connectivity index (χ4v) is 2.01. The first-order valence-corrected chi connectivity index (χ1v) is 6.45. The number of amides is 1. The molecule has 1 fully saturated rings. The fraction of sp³-hybridized carbons (Fsp3) is 0.714. The highest BCUT2D eigenvalue weighted by molar-refractivity contribution is 5.89. The summed E-state index contributed by atoms with van der Waals surface area (Å²) in [4.78, 5) is 24.8. The Bertz CT molecular complexity index is 322. The van der Waals surface area contributed by atoms with Crippen LogP contribution in [-0.2, 0) is 9.53 Å². The van der Waals surface area contributed by atoms with Gasteiger partial charge in [0, 0.05) is 19.5 Å². The third kappa shape index (κ3) is 4.90. The van der Waals surface area contributed by atoms with Crippen LogP contribution < -0.4 is 0 Å². The first-order valence-electron chi connectivity index (χ1n) is 6.45. The lowest BCUT2D eigenvalue weighted by molar-refractivity contribution is -0.115. The van der Waals surface area contributed by atoms with Gasteiger partial charge in [-0.05, 0) is 45.6 Å². The van der Waals surface area contributed by atoms with Crippen LogP contribution in [0.25, 0.3) is 0 Å². The molecule has 0 radical (unpaired) electrons. The van der Waals surface area contributed by atoms with E-state index in [1.807, 2.05) is 20.8 Å². The number of piperidine rings is 1. The Hall–Kier alpha value is -1.32. The SMILES string of the molecule is C=CC(=O)CC1CCN(C(=O)OC(C)(C)C)CC1. The maximum atomic E-state index is 11.8. The van der Waals surface area contributed by atoms with Crippen molar-refractivity contribution in [3.63, 3.8) is 0 Å². The van der Waals surface area contributed by atoms with Gasteiger partial charge >= 0.3 is 6.09 Å². The molecule has 0 aromatic heterocycles. The van der Waals surface area contributed by atoms with Gasteiger partial charge in [0.2, 0.25) is 0 Å². The van der Waals surface area contributed by atoms with Crippen molar-refractivity contribution in [3.05, 3.63) is 12.7 Å². The van der Waals surface area contributed by atoms with Crippen LogP contribution in [0.4, 0.5) is 4.79 Å². The lowest BCUT2D eigenvalue weighted by atomic mass is 9.92. The van der Waals surface area contributed by atoms with Crippen molar-refractivity contribution in [2.45, 2.75) is 45.6 Å². The summed E-state index contributed by atoms with van der Waals surface area (Å²) in [6, 6.07) is 0. The molecule has 1 aliphatic rings. The molecule has 0 N–H and O–H groups in total. The highest BCUT2D eigenvalue weighted by atomic mass is 16.6. The molecule has 18 heavy (non-hydrogen) atoms. The van der Waals surface area contributed by atoms with Crippen LogP contribution in [0.1, 0.15) is 40.0 Å². The standard InChI is InChI=1S/C14H23NO3/c1-5-12(16)10-11-6-8-15(9-7-11)13(17)18-14(2,3)4/h5,11H,1,6-10H2,2-4H3. The van der Waals surface area contributed by atoms with Crippen LogP contribution in [0.15, 0.2) is 12.7 Å². The molecule has 1 aliphatic heterocycles. The molecule has 0 spiro atoms. The molecule has 102 valence electrons. The highest BCUT2D eigenvalue weighted by Crippen LogP contribution is 2.22. The lowest BCUT2D eigenvalue weighted by Crippen LogP contribution is -2.41. The maximum Gasteiger partial charge on any atom is 0.410 e. The van der Waals surface area contributed by atoms with Gasteiger partial charge in [-0.2, -0.15) is 0 Å². The van der Waals surface area contributed by atoms with Crippen molar-refractivity contribution in [1.29, 1.82) is 0 Å². The summed E-state index contributed by atoms with van der Waals surface area (Å²) >= 11 is 0. The number of hydrogen-bond donors (Lipinski definition) is 0. The largest absolute Gasteiger partial charge is 0.444 e. The Balaban J connectivity index is 2.37. The highest BCUT2D eigenvalue weighted by Gasteiger charge is 2.27. The average molecular weight is 253 g/mol. The first-order chi connectivity index (χ1) is 8.31. The van der Waals surface area contributed by atoms with Gasteiger partial charge in [0.15, 0.2) is 5.78 Å². The topological polar surface area (TPSA) is 46.6 Å². The molecule has 1 heterocycles. The predicted molar refractivity (Wildman–Crippen MR) is 70.4 cm³/mol. The summed E-state index contributed by atoms with van der Waals surface area (Å²) in [5.74, 6) is 0.458. The number of hydrogen-bond acceptors (Lipinski definition) is 3. The minimum absolute atomic E-state index is 0.0886. The number of allylic oxidation sites excluding steroid dienone is 1. The quantitative estimate of drug-likeness (QED) is 0.727. The molecule has 0 aromatic rings. The number of carbonyl (C=O) groups is 2. The molecule has 0 unspecified atom stereocenters. The third-order valence-corrected chi connectivity index (χ3v) is 2.98. The van der Waals surface area contributed by atoms with E-state index in [2.05, 4.69) is 6.58 Å². The maximum absolute atomic E-state index is 11.8. The van der Waals surface area contributed by atoms with Crippen LogP contribution in [0.2, 0.25) is 0 Å². The van der Waals surface area contributed by atoms with Gasteiger partial charge in [0.25, 0.3) is 0 Å². The van der Waals surface area contributed by atoms with Crippen LogP contribution >= 0.6 is 0 Å². The Kier molecular flexibility index (Phi) is 4.93. The normalized spacial score (nSPS) is 17.4. The number of carbonyl (C=O) groups excluding carboxylic acids is 2. The molecule has 1 saturated heterocycles.